The van der Waals surface area contributed by atoms with Gasteiger partial charge in [-0.2, -0.15) is 0 Å². The van der Waals surface area contributed by atoms with E-state index in [0.29, 0.717) is 0 Å². The Labute approximate surface area is 182 Å². The van der Waals surface area contributed by atoms with Crippen LogP contribution in [-0.2, 0) is 10.2 Å². The second-order valence-electron chi connectivity index (χ2n) is 7.64. The molecule has 0 atom stereocenters. The first-order chi connectivity index (χ1) is 15.3. The molecular weight excluding hydrogens is 384 g/mol. The van der Waals surface area contributed by atoms with Crippen LogP contribution in [0.15, 0.2) is 97.1 Å². The molecule has 0 radical (unpaired) electrons. The summed E-state index contributed by atoms with van der Waals surface area (Å²) in [4.78, 5) is 0. The average molecular weight is 408 g/mol. The average Bonchev–Trinajstić information content (AvgIpc) is 3.14. The fraction of sp³-hybridized carbons (Fsp3) is 0.143. The number of hydrogen-bond acceptors (Lipinski definition) is 3. The lowest BCUT2D eigenvalue weighted by Crippen LogP contribution is -2.28. The summed E-state index contributed by atoms with van der Waals surface area (Å²) in [6.45, 7) is 0.231. The quantitative estimate of drug-likeness (QED) is 0.321. The molecule has 3 heteroatoms. The molecule has 4 aromatic carbocycles. The van der Waals surface area contributed by atoms with Crippen molar-refractivity contribution < 1.29 is 14.2 Å². The predicted molar refractivity (Wildman–Crippen MR) is 123 cm³/mol. The van der Waals surface area contributed by atoms with E-state index >= 15 is 0 Å². The van der Waals surface area contributed by atoms with Crippen molar-refractivity contribution in [1.29, 1.82) is 0 Å². The summed E-state index contributed by atoms with van der Waals surface area (Å²) in [5, 5.41) is 0. The molecule has 0 saturated carbocycles. The van der Waals surface area contributed by atoms with E-state index in [1.807, 2.05) is 24.3 Å². The van der Waals surface area contributed by atoms with Crippen molar-refractivity contribution in [3.05, 3.63) is 119 Å². The molecule has 0 aliphatic heterocycles. The van der Waals surface area contributed by atoms with Crippen molar-refractivity contribution in [3.8, 4) is 22.6 Å². The molecule has 0 amide bonds. The first-order valence-electron chi connectivity index (χ1n) is 10.3. The fourth-order valence-corrected chi connectivity index (χ4v) is 4.79. The van der Waals surface area contributed by atoms with E-state index in [0.717, 1.165) is 11.5 Å². The third-order valence-electron chi connectivity index (χ3n) is 6.11. The SMILES string of the molecule is COCOc1ccc(C2(c3ccc(OC)cc3)c3ccccc3-c3ccccc32)cc1. The maximum atomic E-state index is 5.64. The molecule has 1 aliphatic rings. The topological polar surface area (TPSA) is 27.7 Å². The normalized spacial score (nSPS) is 13.4. The standard InChI is InChI=1S/C28H24O3/c1-29-19-31-23-17-13-21(14-18-23)28(20-11-15-22(30-2)16-12-20)26-9-5-3-7-24(26)25-8-4-6-10-27(25)28/h3-18H,19H2,1-2H3. The molecule has 4 aromatic rings. The summed E-state index contributed by atoms with van der Waals surface area (Å²) in [5.74, 6) is 1.64. The molecule has 5 rings (SSSR count). The van der Waals surface area contributed by atoms with Crippen LogP contribution >= 0.6 is 0 Å². The summed E-state index contributed by atoms with van der Waals surface area (Å²) in [6, 6.07) is 34.2. The van der Waals surface area contributed by atoms with Gasteiger partial charge in [-0.3, -0.25) is 0 Å². The third-order valence-corrected chi connectivity index (χ3v) is 6.11. The summed E-state index contributed by atoms with van der Waals surface area (Å²) < 4.78 is 16.1. The molecule has 0 bridgehead atoms. The molecule has 1 aliphatic carbocycles. The Morgan fingerprint density at radius 3 is 1.55 bits per heavy atom. The highest BCUT2D eigenvalue weighted by atomic mass is 16.7. The van der Waals surface area contributed by atoms with Crippen molar-refractivity contribution >= 4 is 0 Å². The van der Waals surface area contributed by atoms with Crippen LogP contribution in [0.1, 0.15) is 22.3 Å². The van der Waals surface area contributed by atoms with Crippen molar-refractivity contribution in [3.63, 3.8) is 0 Å². The summed E-state index contributed by atoms with van der Waals surface area (Å²) >= 11 is 0. The Bertz CT molecular complexity index is 1150. The maximum absolute atomic E-state index is 5.64. The summed E-state index contributed by atoms with van der Waals surface area (Å²) in [7, 11) is 3.32. The van der Waals surface area contributed by atoms with Gasteiger partial charge in [0.1, 0.15) is 11.5 Å². The van der Waals surface area contributed by atoms with Gasteiger partial charge >= 0.3 is 0 Å². The van der Waals surface area contributed by atoms with Gasteiger partial charge in [0.15, 0.2) is 6.79 Å². The lowest BCUT2D eigenvalue weighted by atomic mass is 9.68. The van der Waals surface area contributed by atoms with E-state index in [4.69, 9.17) is 14.2 Å². The smallest absolute Gasteiger partial charge is 0.188 e. The zero-order valence-electron chi connectivity index (χ0n) is 17.7. The second kappa shape index (κ2) is 7.93. The van der Waals surface area contributed by atoms with E-state index in [1.54, 1.807) is 14.2 Å². The van der Waals surface area contributed by atoms with Crippen LogP contribution in [-0.4, -0.2) is 21.0 Å². The molecule has 0 saturated heterocycles. The Morgan fingerprint density at radius 1 is 0.581 bits per heavy atom. The first kappa shape index (κ1) is 19.4. The van der Waals surface area contributed by atoms with Crippen LogP contribution in [0, 0.1) is 0 Å². The van der Waals surface area contributed by atoms with Crippen molar-refractivity contribution in [2.24, 2.45) is 0 Å². The van der Waals surface area contributed by atoms with Gasteiger partial charge in [-0.15, -0.1) is 0 Å². The minimum Gasteiger partial charge on any atom is -0.497 e. The van der Waals surface area contributed by atoms with Gasteiger partial charge in [-0.25, -0.2) is 0 Å². The minimum atomic E-state index is -0.417. The van der Waals surface area contributed by atoms with E-state index in [1.165, 1.54) is 33.4 Å². The number of benzene rings is 4. The van der Waals surface area contributed by atoms with Gasteiger partial charge in [-0.05, 0) is 57.6 Å². The van der Waals surface area contributed by atoms with Crippen molar-refractivity contribution in [1.82, 2.24) is 0 Å². The highest BCUT2D eigenvalue weighted by molar-refractivity contribution is 5.86. The van der Waals surface area contributed by atoms with Gasteiger partial charge in [0, 0.05) is 7.11 Å². The number of rotatable bonds is 6. The zero-order valence-corrected chi connectivity index (χ0v) is 17.7. The fourth-order valence-electron chi connectivity index (χ4n) is 4.79. The monoisotopic (exact) mass is 408 g/mol. The molecule has 3 nitrogen and oxygen atoms in total. The minimum absolute atomic E-state index is 0.231. The van der Waals surface area contributed by atoms with Gasteiger partial charge in [-0.1, -0.05) is 72.8 Å². The lowest BCUT2D eigenvalue weighted by Gasteiger charge is -2.34. The number of fused-ring (bicyclic) bond motifs is 3. The Kier molecular flexibility index (Phi) is 4.97. The molecular formula is C28H24O3. The van der Waals surface area contributed by atoms with Crippen LogP contribution < -0.4 is 9.47 Å². The number of ether oxygens (including phenoxy) is 3. The first-order valence-corrected chi connectivity index (χ1v) is 10.3. The Hall–Kier alpha value is -3.56. The van der Waals surface area contributed by atoms with Crippen molar-refractivity contribution in [2.45, 2.75) is 5.41 Å². The van der Waals surface area contributed by atoms with E-state index < -0.39 is 5.41 Å². The number of hydrogen-bond donors (Lipinski definition) is 0. The molecule has 31 heavy (non-hydrogen) atoms. The molecule has 0 unspecified atom stereocenters. The van der Waals surface area contributed by atoms with Crippen LogP contribution in [0.3, 0.4) is 0 Å². The molecule has 0 fully saturated rings. The van der Waals surface area contributed by atoms with Crippen LogP contribution in [0.4, 0.5) is 0 Å². The van der Waals surface area contributed by atoms with Gasteiger partial charge in [0.25, 0.3) is 0 Å². The van der Waals surface area contributed by atoms with Gasteiger partial charge < -0.3 is 14.2 Å². The molecule has 0 heterocycles. The van der Waals surface area contributed by atoms with E-state index in [9.17, 15) is 0 Å². The van der Waals surface area contributed by atoms with Gasteiger partial charge in [0.2, 0.25) is 0 Å². The third kappa shape index (κ3) is 3.01. The molecule has 154 valence electrons. The van der Waals surface area contributed by atoms with E-state index in [2.05, 4.69) is 72.8 Å². The highest BCUT2D eigenvalue weighted by Crippen LogP contribution is 2.56. The second-order valence-corrected chi connectivity index (χ2v) is 7.64. The largest absolute Gasteiger partial charge is 0.497 e. The Balaban J connectivity index is 1.79. The zero-order chi connectivity index (χ0) is 21.3. The summed E-state index contributed by atoms with van der Waals surface area (Å²) in [6.07, 6.45) is 0. The predicted octanol–water partition coefficient (Wildman–Crippen LogP) is 6.04. The number of methoxy groups -OCH3 is 2. The highest BCUT2D eigenvalue weighted by Gasteiger charge is 2.45. The molecule has 0 spiro atoms. The molecule has 0 aromatic heterocycles. The van der Waals surface area contributed by atoms with E-state index in [-0.39, 0.29) is 6.79 Å². The maximum Gasteiger partial charge on any atom is 0.188 e. The lowest BCUT2D eigenvalue weighted by molar-refractivity contribution is 0.0511. The van der Waals surface area contributed by atoms with Gasteiger partial charge in [0.05, 0.1) is 12.5 Å². The van der Waals surface area contributed by atoms with Crippen LogP contribution in [0.2, 0.25) is 0 Å². The Morgan fingerprint density at radius 2 is 1.06 bits per heavy atom. The van der Waals surface area contributed by atoms with Crippen LogP contribution in [0.25, 0.3) is 11.1 Å². The molecule has 0 N–H and O–H groups in total. The van der Waals surface area contributed by atoms with Crippen molar-refractivity contribution in [2.75, 3.05) is 21.0 Å². The summed E-state index contributed by atoms with van der Waals surface area (Å²) in [5.41, 5.74) is 7.09. The van der Waals surface area contributed by atoms with Crippen LogP contribution in [0.5, 0.6) is 11.5 Å².